The van der Waals surface area contributed by atoms with Gasteiger partial charge in [0.05, 0.1) is 19.2 Å². The Hall–Kier alpha value is -3.45. The minimum absolute atomic E-state index is 0.00392. The zero-order valence-corrected chi connectivity index (χ0v) is 25.2. The van der Waals surface area contributed by atoms with E-state index in [2.05, 4.69) is 40.2 Å². The van der Waals surface area contributed by atoms with Crippen molar-refractivity contribution in [3.05, 3.63) is 76.7 Å². The molecule has 7 heteroatoms. The zero-order chi connectivity index (χ0) is 29.7. The molecule has 2 aliphatic heterocycles. The molecule has 3 atom stereocenters. The highest BCUT2D eigenvalue weighted by atomic mass is 19.1. The topological polar surface area (TPSA) is 71.9 Å². The van der Waals surface area contributed by atoms with Crippen LogP contribution in [0.15, 0.2) is 48.7 Å². The third-order valence-electron chi connectivity index (χ3n) is 10.6. The molecule has 3 aromatic rings. The number of ether oxygens (including phenoxy) is 2. The van der Waals surface area contributed by atoms with E-state index in [-0.39, 0.29) is 17.8 Å². The van der Waals surface area contributed by atoms with Crippen molar-refractivity contribution in [1.29, 1.82) is 0 Å². The number of aryl methyl sites for hydroxylation is 1. The summed E-state index contributed by atoms with van der Waals surface area (Å²) in [6, 6.07) is 14.3. The van der Waals surface area contributed by atoms with Crippen LogP contribution in [0.5, 0.6) is 11.6 Å². The largest absolute Gasteiger partial charge is 0.485 e. The normalized spacial score (nSPS) is 22.3. The van der Waals surface area contributed by atoms with Gasteiger partial charge in [0.1, 0.15) is 17.7 Å². The molecule has 2 aromatic carbocycles. The summed E-state index contributed by atoms with van der Waals surface area (Å²) in [6.07, 6.45) is 10.2. The number of hydrogen-bond donors (Lipinski definition) is 1. The summed E-state index contributed by atoms with van der Waals surface area (Å²) in [5, 5.41) is 9.77. The van der Waals surface area contributed by atoms with Gasteiger partial charge in [0.2, 0.25) is 5.88 Å². The number of methoxy groups -OCH3 is 1. The fourth-order valence-corrected chi connectivity index (χ4v) is 7.45. The highest BCUT2D eigenvalue weighted by Crippen LogP contribution is 2.54. The summed E-state index contributed by atoms with van der Waals surface area (Å²) in [5.41, 5.74) is 6.36. The second-order valence-electron chi connectivity index (χ2n) is 13.4. The van der Waals surface area contributed by atoms with Gasteiger partial charge in [0.25, 0.3) is 0 Å². The van der Waals surface area contributed by atoms with E-state index in [9.17, 15) is 9.90 Å². The molecule has 1 aromatic heterocycles. The molecule has 1 unspecified atom stereocenters. The lowest BCUT2D eigenvalue weighted by Gasteiger charge is -2.33. The number of pyridine rings is 1. The first kappa shape index (κ1) is 28.3. The molecule has 43 heavy (non-hydrogen) atoms. The molecule has 0 bridgehead atoms. The van der Waals surface area contributed by atoms with Crippen molar-refractivity contribution in [3.63, 3.8) is 0 Å². The standard InChI is InChI=1S/C36H41FN2O4/c1-22(35(40)41)34(24-4-5-24)26-6-3-23-8-10-31(43-32(23)18-26)25-7-9-28(29-19-33(42-2)38-20-30(29)37)27(17-25)21-39-15-13-36(11-12-36)14-16-39/h3,6-7,9,17-20,22,24,31,34H,4-5,8,10-16,21H2,1-2H3,(H,40,41)/t22-,31-,34?/m0/s1. The number of piperidine rings is 1. The van der Waals surface area contributed by atoms with E-state index < -0.39 is 11.9 Å². The molecule has 2 saturated carbocycles. The fourth-order valence-electron chi connectivity index (χ4n) is 7.45. The number of fused-ring (bicyclic) bond motifs is 1. The summed E-state index contributed by atoms with van der Waals surface area (Å²) in [4.78, 5) is 18.5. The first-order valence-corrected chi connectivity index (χ1v) is 15.9. The third kappa shape index (κ3) is 5.76. The Labute approximate surface area is 253 Å². The highest BCUT2D eigenvalue weighted by Gasteiger charge is 2.44. The van der Waals surface area contributed by atoms with Crippen LogP contribution in [0.25, 0.3) is 11.1 Å². The van der Waals surface area contributed by atoms with Gasteiger partial charge in [0.15, 0.2) is 0 Å². The van der Waals surface area contributed by atoms with E-state index in [4.69, 9.17) is 9.47 Å². The molecule has 1 spiro atoms. The van der Waals surface area contributed by atoms with Crippen LogP contribution in [-0.4, -0.2) is 41.2 Å². The van der Waals surface area contributed by atoms with Gasteiger partial charge in [0, 0.05) is 18.2 Å². The number of hydrogen-bond acceptors (Lipinski definition) is 5. The second-order valence-corrected chi connectivity index (χ2v) is 13.4. The number of aromatic nitrogens is 1. The average molecular weight is 585 g/mol. The number of carboxylic acids is 1. The molecular formula is C36H41FN2O4. The van der Waals surface area contributed by atoms with Gasteiger partial charge in [-0.1, -0.05) is 37.3 Å². The summed E-state index contributed by atoms with van der Waals surface area (Å²) >= 11 is 0. The molecule has 6 nitrogen and oxygen atoms in total. The maximum atomic E-state index is 15.2. The van der Waals surface area contributed by atoms with E-state index in [0.29, 0.717) is 22.8 Å². The van der Waals surface area contributed by atoms with Crippen LogP contribution in [0, 0.1) is 23.1 Å². The number of carbonyl (C=O) groups is 1. The van der Waals surface area contributed by atoms with Crippen molar-refractivity contribution >= 4 is 5.97 Å². The van der Waals surface area contributed by atoms with Crippen LogP contribution in [0.4, 0.5) is 4.39 Å². The Kier molecular flexibility index (Phi) is 7.40. The van der Waals surface area contributed by atoms with Gasteiger partial charge >= 0.3 is 5.97 Å². The van der Waals surface area contributed by atoms with E-state index in [1.54, 1.807) is 13.2 Å². The summed E-state index contributed by atoms with van der Waals surface area (Å²) in [5.74, 6) is 0.145. The molecule has 0 amide bonds. The number of carboxylic acid groups (broad SMARTS) is 1. The quantitative estimate of drug-likeness (QED) is 0.280. The van der Waals surface area contributed by atoms with Gasteiger partial charge in [-0.25, -0.2) is 9.37 Å². The SMILES string of the molecule is COc1cc(-c2ccc([C@@H]3CCc4ccc(C(C5CC5)[C@H](C)C(=O)O)cc4O3)cc2CN2CCC3(CC2)CC3)c(F)cn1. The van der Waals surface area contributed by atoms with Gasteiger partial charge in [-0.2, -0.15) is 0 Å². The molecule has 1 N–H and O–H groups in total. The Balaban J connectivity index is 1.18. The Morgan fingerprint density at radius 3 is 2.58 bits per heavy atom. The molecule has 3 heterocycles. The van der Waals surface area contributed by atoms with E-state index in [0.717, 1.165) is 73.3 Å². The lowest BCUT2D eigenvalue weighted by Crippen LogP contribution is -2.34. The second kappa shape index (κ2) is 11.2. The van der Waals surface area contributed by atoms with Crippen LogP contribution in [0.1, 0.15) is 86.1 Å². The van der Waals surface area contributed by atoms with Gasteiger partial charge < -0.3 is 14.6 Å². The lowest BCUT2D eigenvalue weighted by atomic mass is 9.82. The van der Waals surface area contributed by atoms with Crippen molar-refractivity contribution in [2.45, 2.75) is 76.9 Å². The molecule has 226 valence electrons. The summed E-state index contributed by atoms with van der Waals surface area (Å²) < 4.78 is 27.2. The predicted octanol–water partition coefficient (Wildman–Crippen LogP) is 7.55. The minimum atomic E-state index is -0.745. The molecule has 3 fully saturated rings. The molecule has 4 aliphatic rings. The monoisotopic (exact) mass is 584 g/mol. The number of likely N-dealkylation sites (tertiary alicyclic amines) is 1. The molecule has 1 saturated heterocycles. The Bertz CT molecular complexity index is 1520. The van der Waals surface area contributed by atoms with E-state index >= 15 is 4.39 Å². The number of rotatable bonds is 9. The maximum absolute atomic E-state index is 15.2. The summed E-state index contributed by atoms with van der Waals surface area (Å²) in [7, 11) is 1.55. The maximum Gasteiger partial charge on any atom is 0.306 e. The number of halogens is 1. The van der Waals surface area contributed by atoms with Crippen molar-refractivity contribution in [2.75, 3.05) is 20.2 Å². The fraction of sp³-hybridized carbons (Fsp3) is 0.500. The predicted molar refractivity (Wildman–Crippen MR) is 163 cm³/mol. The van der Waals surface area contributed by atoms with Crippen LogP contribution in [0.2, 0.25) is 0 Å². The first-order valence-electron chi connectivity index (χ1n) is 15.9. The molecular weight excluding hydrogens is 543 g/mol. The summed E-state index contributed by atoms with van der Waals surface area (Å²) in [6.45, 7) is 4.72. The smallest absolute Gasteiger partial charge is 0.306 e. The van der Waals surface area contributed by atoms with Gasteiger partial charge in [-0.15, -0.1) is 0 Å². The highest BCUT2D eigenvalue weighted by molar-refractivity contribution is 5.71. The van der Waals surface area contributed by atoms with E-state index in [1.165, 1.54) is 37.4 Å². The first-order chi connectivity index (χ1) is 20.8. The molecule has 2 aliphatic carbocycles. The van der Waals surface area contributed by atoms with Crippen LogP contribution >= 0.6 is 0 Å². The van der Waals surface area contributed by atoms with E-state index in [1.807, 2.05) is 13.0 Å². The van der Waals surface area contributed by atoms with Gasteiger partial charge in [-0.05, 0) is 116 Å². The Morgan fingerprint density at radius 1 is 1.09 bits per heavy atom. The number of benzene rings is 2. The van der Waals surface area contributed by atoms with Gasteiger partial charge in [-0.3, -0.25) is 9.69 Å². The molecule has 7 rings (SSSR count). The third-order valence-corrected chi connectivity index (χ3v) is 10.6. The van der Waals surface area contributed by atoms with Crippen LogP contribution < -0.4 is 9.47 Å². The van der Waals surface area contributed by atoms with Crippen molar-refractivity contribution in [3.8, 4) is 22.8 Å². The van der Waals surface area contributed by atoms with Crippen molar-refractivity contribution < 1.29 is 23.8 Å². The lowest BCUT2D eigenvalue weighted by molar-refractivity contribution is -0.142. The van der Waals surface area contributed by atoms with Crippen LogP contribution in [0.3, 0.4) is 0 Å². The number of aliphatic carboxylic acids is 1. The van der Waals surface area contributed by atoms with Crippen LogP contribution in [-0.2, 0) is 17.8 Å². The average Bonchev–Trinajstić information content (AvgIpc) is 3.97. The van der Waals surface area contributed by atoms with Crippen molar-refractivity contribution in [2.24, 2.45) is 17.3 Å². The minimum Gasteiger partial charge on any atom is -0.485 e. The van der Waals surface area contributed by atoms with Crippen molar-refractivity contribution in [1.82, 2.24) is 9.88 Å². The Morgan fingerprint density at radius 2 is 1.88 bits per heavy atom. The zero-order valence-electron chi connectivity index (χ0n) is 25.2. The molecule has 0 radical (unpaired) electrons. The number of nitrogens with zero attached hydrogens (tertiary/aromatic N) is 2.